The number of H-pyrrole nitrogens is 1. The lowest BCUT2D eigenvalue weighted by Gasteiger charge is -2.48. The molecule has 2 N–H and O–H groups in total. The second-order valence-electron chi connectivity index (χ2n) is 7.87. The molecule has 1 aromatic carbocycles. The number of fused-ring (bicyclic) bond motifs is 5. The first-order valence-electron chi connectivity index (χ1n) is 9.67. The highest BCUT2D eigenvalue weighted by atomic mass is 16.5. The van der Waals surface area contributed by atoms with E-state index in [4.69, 9.17) is 4.74 Å². The van der Waals surface area contributed by atoms with Gasteiger partial charge in [-0.2, -0.15) is 0 Å². The highest BCUT2D eigenvalue weighted by Gasteiger charge is 2.48. The molecular formula is C21H27N3O3. The zero-order chi connectivity index (χ0) is 19.1. The number of oxime groups is 1. The summed E-state index contributed by atoms with van der Waals surface area (Å²) < 4.78 is 5.21. The van der Waals surface area contributed by atoms with Crippen molar-refractivity contribution < 1.29 is 14.7 Å². The molecule has 6 nitrogen and oxygen atoms in total. The van der Waals surface area contributed by atoms with E-state index in [2.05, 4.69) is 35.1 Å². The van der Waals surface area contributed by atoms with E-state index in [0.29, 0.717) is 18.1 Å². The lowest BCUT2D eigenvalue weighted by atomic mass is 9.67. The highest BCUT2D eigenvalue weighted by Crippen LogP contribution is 2.42. The van der Waals surface area contributed by atoms with Crippen molar-refractivity contribution in [2.75, 3.05) is 20.7 Å². The molecule has 4 rings (SSSR count). The Morgan fingerprint density at radius 1 is 1.37 bits per heavy atom. The van der Waals surface area contributed by atoms with Gasteiger partial charge in [-0.05, 0) is 43.4 Å². The molecule has 2 aliphatic rings. The number of hydrogen-bond acceptors (Lipinski definition) is 5. The Morgan fingerprint density at radius 2 is 2.15 bits per heavy atom. The summed E-state index contributed by atoms with van der Waals surface area (Å²) in [6.45, 7) is 3.10. The van der Waals surface area contributed by atoms with E-state index in [1.54, 1.807) is 0 Å². The van der Waals surface area contributed by atoms with Crippen LogP contribution < -0.4 is 0 Å². The molecule has 0 spiro atoms. The standard InChI is InChI=1S/C21H27N3O3/c1-4-12-11-24(2)18-10-15-13-7-5-6-8-16(13)22-20(15)17(23-26)9-14(12)19(18)21(25)27-3/h5-8,12,14,18-19,22,26H,4,9-11H2,1-3H3/b23-17+/t12-,14-,18+,19+/m1/s1. The monoisotopic (exact) mass is 369 g/mol. The van der Waals surface area contributed by atoms with E-state index in [-0.39, 0.29) is 23.8 Å². The van der Waals surface area contributed by atoms with Gasteiger partial charge in [-0.15, -0.1) is 0 Å². The smallest absolute Gasteiger partial charge is 0.310 e. The molecule has 6 heteroatoms. The number of para-hydroxylation sites is 1. The molecule has 1 aliphatic heterocycles. The molecule has 1 fully saturated rings. The summed E-state index contributed by atoms with van der Waals surface area (Å²) in [5, 5.41) is 14.6. The Morgan fingerprint density at radius 3 is 2.85 bits per heavy atom. The summed E-state index contributed by atoms with van der Waals surface area (Å²) >= 11 is 0. The molecule has 2 heterocycles. The minimum absolute atomic E-state index is 0.0726. The average Bonchev–Trinajstić information content (AvgIpc) is 3.04. The van der Waals surface area contributed by atoms with Gasteiger partial charge in [0.15, 0.2) is 0 Å². The summed E-state index contributed by atoms with van der Waals surface area (Å²) in [5.74, 6) is 0.0833. The quantitative estimate of drug-likeness (QED) is 0.485. The van der Waals surface area contributed by atoms with Gasteiger partial charge in [0.2, 0.25) is 0 Å². The third-order valence-electron chi connectivity index (χ3n) is 6.63. The van der Waals surface area contributed by atoms with Crippen LogP contribution in [0.4, 0.5) is 0 Å². The van der Waals surface area contributed by atoms with Gasteiger partial charge >= 0.3 is 5.97 Å². The Bertz CT molecular complexity index is 888. The number of likely N-dealkylation sites (tertiary alicyclic amines) is 1. The number of carbonyl (C=O) groups excluding carboxylic acids is 1. The fourth-order valence-electron chi connectivity index (χ4n) is 5.25. The maximum atomic E-state index is 12.8. The molecule has 1 aromatic heterocycles. The molecule has 2 bridgehead atoms. The number of esters is 1. The number of nitrogens with zero attached hydrogens (tertiary/aromatic N) is 2. The molecule has 1 saturated heterocycles. The number of ether oxygens (including phenoxy) is 1. The van der Waals surface area contributed by atoms with Crippen LogP contribution >= 0.6 is 0 Å². The summed E-state index contributed by atoms with van der Waals surface area (Å²) in [6.07, 6.45) is 2.27. The van der Waals surface area contributed by atoms with E-state index in [1.165, 1.54) is 7.11 Å². The predicted octanol–water partition coefficient (Wildman–Crippen LogP) is 3.04. The fraction of sp³-hybridized carbons (Fsp3) is 0.524. The van der Waals surface area contributed by atoms with Gasteiger partial charge in [-0.25, -0.2) is 0 Å². The first kappa shape index (κ1) is 18.0. The SMILES string of the molecule is CC[C@@H]1CN(C)[C@H]2Cc3c([nH]c4ccccc34)/C(=N/O)C[C@H]1[C@@H]2C(=O)OC. The van der Waals surface area contributed by atoms with Crippen LogP contribution in [0.15, 0.2) is 29.4 Å². The number of aromatic amines is 1. The van der Waals surface area contributed by atoms with Crippen LogP contribution in [0.3, 0.4) is 0 Å². The maximum absolute atomic E-state index is 12.8. The van der Waals surface area contributed by atoms with Crippen molar-refractivity contribution in [3.05, 3.63) is 35.5 Å². The Hall–Kier alpha value is -2.34. The number of aromatic nitrogens is 1. The average molecular weight is 369 g/mol. The van der Waals surface area contributed by atoms with Gasteiger partial charge in [0.25, 0.3) is 0 Å². The molecular weight excluding hydrogens is 342 g/mol. The largest absolute Gasteiger partial charge is 0.469 e. The number of nitrogens with one attached hydrogen (secondary N) is 1. The van der Waals surface area contributed by atoms with Crippen molar-refractivity contribution in [1.82, 2.24) is 9.88 Å². The van der Waals surface area contributed by atoms with Crippen molar-refractivity contribution in [3.8, 4) is 0 Å². The number of carbonyl (C=O) groups is 1. The van der Waals surface area contributed by atoms with E-state index >= 15 is 0 Å². The fourth-order valence-corrected chi connectivity index (χ4v) is 5.25. The lowest BCUT2D eigenvalue weighted by Crippen LogP contribution is -2.56. The molecule has 144 valence electrons. The Balaban J connectivity index is 1.91. The molecule has 1 aliphatic carbocycles. The zero-order valence-electron chi connectivity index (χ0n) is 16.1. The topological polar surface area (TPSA) is 77.9 Å². The highest BCUT2D eigenvalue weighted by molar-refractivity contribution is 6.05. The number of likely N-dealkylation sites (N-methyl/N-ethyl adjacent to an activating group) is 1. The molecule has 0 saturated carbocycles. The van der Waals surface area contributed by atoms with Crippen LogP contribution in [0.1, 0.15) is 31.0 Å². The summed E-state index contributed by atoms with van der Waals surface area (Å²) in [6, 6.07) is 8.21. The minimum Gasteiger partial charge on any atom is -0.469 e. The van der Waals surface area contributed by atoms with E-state index in [0.717, 1.165) is 41.5 Å². The summed E-state index contributed by atoms with van der Waals surface area (Å²) in [4.78, 5) is 18.6. The minimum atomic E-state index is -0.225. The van der Waals surface area contributed by atoms with Gasteiger partial charge in [-0.3, -0.25) is 4.79 Å². The van der Waals surface area contributed by atoms with Crippen molar-refractivity contribution >= 4 is 22.6 Å². The van der Waals surface area contributed by atoms with E-state index in [1.807, 2.05) is 18.2 Å². The summed E-state index contributed by atoms with van der Waals surface area (Å²) in [5.41, 5.74) is 3.70. The molecule has 0 amide bonds. The van der Waals surface area contributed by atoms with Crippen LogP contribution in [0.5, 0.6) is 0 Å². The van der Waals surface area contributed by atoms with Gasteiger partial charge in [0.05, 0.1) is 18.7 Å². The van der Waals surface area contributed by atoms with Crippen LogP contribution in [0.25, 0.3) is 10.9 Å². The van der Waals surface area contributed by atoms with Crippen LogP contribution in [-0.2, 0) is 16.0 Å². The number of rotatable bonds is 2. The van der Waals surface area contributed by atoms with E-state index in [9.17, 15) is 10.0 Å². The van der Waals surface area contributed by atoms with Crippen molar-refractivity contribution in [3.63, 3.8) is 0 Å². The van der Waals surface area contributed by atoms with Gasteiger partial charge < -0.3 is 19.8 Å². The molecule has 27 heavy (non-hydrogen) atoms. The van der Waals surface area contributed by atoms with Crippen LogP contribution in [0, 0.1) is 17.8 Å². The normalized spacial score (nSPS) is 30.0. The van der Waals surface area contributed by atoms with Gasteiger partial charge in [0, 0.05) is 23.5 Å². The Kier molecular flexibility index (Phi) is 4.68. The van der Waals surface area contributed by atoms with Crippen LogP contribution in [0.2, 0.25) is 0 Å². The van der Waals surface area contributed by atoms with Gasteiger partial charge in [0.1, 0.15) is 5.71 Å². The number of piperidine rings is 1. The number of hydrogen-bond donors (Lipinski definition) is 2. The van der Waals surface area contributed by atoms with E-state index < -0.39 is 0 Å². The van der Waals surface area contributed by atoms with Crippen LogP contribution in [-0.4, -0.2) is 53.5 Å². The second-order valence-corrected chi connectivity index (χ2v) is 7.87. The van der Waals surface area contributed by atoms with Gasteiger partial charge in [-0.1, -0.05) is 36.7 Å². The lowest BCUT2D eigenvalue weighted by molar-refractivity contribution is -0.154. The third-order valence-corrected chi connectivity index (χ3v) is 6.63. The predicted molar refractivity (Wildman–Crippen MR) is 104 cm³/mol. The molecule has 2 aromatic rings. The zero-order valence-corrected chi connectivity index (χ0v) is 16.1. The molecule has 0 radical (unpaired) electrons. The first-order valence-corrected chi connectivity index (χ1v) is 9.67. The second kappa shape index (κ2) is 7.00. The first-order chi connectivity index (χ1) is 13.1. The number of methoxy groups -OCH3 is 1. The van der Waals surface area contributed by atoms with Crippen molar-refractivity contribution in [2.45, 2.75) is 32.2 Å². The molecule has 0 unspecified atom stereocenters. The Labute approximate surface area is 159 Å². The third kappa shape index (κ3) is 2.83. The van der Waals surface area contributed by atoms with Crippen molar-refractivity contribution in [2.24, 2.45) is 22.9 Å². The number of benzene rings is 1. The summed E-state index contributed by atoms with van der Waals surface area (Å²) in [7, 11) is 3.58. The maximum Gasteiger partial charge on any atom is 0.310 e. The van der Waals surface area contributed by atoms with Crippen molar-refractivity contribution in [1.29, 1.82) is 0 Å². The molecule has 4 atom stereocenters.